The Bertz CT molecular complexity index is 567. The lowest BCUT2D eigenvalue weighted by molar-refractivity contribution is 0.100. The first kappa shape index (κ1) is 11.7. The second-order valence-corrected chi connectivity index (χ2v) is 4.94. The average Bonchev–Trinajstić information content (AvgIpc) is 2.70. The average molecular weight is 233 g/mol. The van der Waals surface area contributed by atoms with Crippen LogP contribution in [0.5, 0.6) is 0 Å². The molecule has 2 aromatic rings. The van der Waals surface area contributed by atoms with Gasteiger partial charge in [-0.25, -0.2) is 9.97 Å². The quantitative estimate of drug-likeness (QED) is 0.798. The molecule has 0 saturated carbocycles. The van der Waals surface area contributed by atoms with Crippen molar-refractivity contribution in [3.63, 3.8) is 0 Å². The van der Waals surface area contributed by atoms with Crippen molar-refractivity contribution in [3.8, 4) is 0 Å². The van der Waals surface area contributed by atoms with Crippen LogP contribution < -0.4 is 5.73 Å². The first-order valence-electron chi connectivity index (χ1n) is 5.42. The Kier molecular flexibility index (Phi) is 2.71. The third kappa shape index (κ3) is 2.19. The predicted molar refractivity (Wildman–Crippen MR) is 63.9 cm³/mol. The number of carbonyl (C=O) groups is 1. The number of carbonyl (C=O) groups excluding carboxylic acids is 1. The molecule has 2 rings (SSSR count). The van der Waals surface area contributed by atoms with E-state index >= 15 is 0 Å². The van der Waals surface area contributed by atoms with Gasteiger partial charge >= 0.3 is 0 Å². The van der Waals surface area contributed by atoms with Gasteiger partial charge in [0.25, 0.3) is 0 Å². The number of ketones is 1. The SMILES string of the molecule is CC(C)(C)c1nc2cc(C(=O)CN)cnc2o1. The van der Waals surface area contributed by atoms with Crippen LogP contribution in [-0.4, -0.2) is 22.3 Å². The summed E-state index contributed by atoms with van der Waals surface area (Å²) in [6.45, 7) is 5.98. The number of hydrogen-bond donors (Lipinski definition) is 1. The topological polar surface area (TPSA) is 82.0 Å². The highest BCUT2D eigenvalue weighted by Crippen LogP contribution is 2.25. The van der Waals surface area contributed by atoms with Crippen LogP contribution >= 0.6 is 0 Å². The molecule has 5 nitrogen and oxygen atoms in total. The summed E-state index contributed by atoms with van der Waals surface area (Å²) in [4.78, 5) is 19.9. The summed E-state index contributed by atoms with van der Waals surface area (Å²) >= 11 is 0. The van der Waals surface area contributed by atoms with Crippen molar-refractivity contribution in [2.75, 3.05) is 6.54 Å². The largest absolute Gasteiger partial charge is 0.422 e. The molecule has 2 heterocycles. The number of oxazole rings is 1. The predicted octanol–water partition coefficient (Wildman–Crippen LogP) is 1.66. The Morgan fingerprint density at radius 3 is 2.76 bits per heavy atom. The minimum Gasteiger partial charge on any atom is -0.422 e. The zero-order valence-electron chi connectivity index (χ0n) is 10.2. The van der Waals surface area contributed by atoms with Gasteiger partial charge in [-0.15, -0.1) is 0 Å². The molecule has 2 N–H and O–H groups in total. The van der Waals surface area contributed by atoms with E-state index in [-0.39, 0.29) is 17.7 Å². The fraction of sp³-hybridized carbons (Fsp3) is 0.417. The molecule has 90 valence electrons. The second-order valence-electron chi connectivity index (χ2n) is 4.94. The van der Waals surface area contributed by atoms with Crippen LogP contribution in [0.1, 0.15) is 37.0 Å². The van der Waals surface area contributed by atoms with Gasteiger partial charge in [-0.3, -0.25) is 4.79 Å². The summed E-state index contributed by atoms with van der Waals surface area (Å²) in [6, 6.07) is 1.66. The second kappa shape index (κ2) is 3.92. The summed E-state index contributed by atoms with van der Waals surface area (Å²) in [5.74, 6) is 0.456. The van der Waals surface area contributed by atoms with Crippen molar-refractivity contribution in [2.45, 2.75) is 26.2 Å². The highest BCUT2D eigenvalue weighted by Gasteiger charge is 2.21. The van der Waals surface area contributed by atoms with Crippen molar-refractivity contribution in [1.82, 2.24) is 9.97 Å². The molecule has 0 aliphatic carbocycles. The smallest absolute Gasteiger partial charge is 0.246 e. The number of fused-ring (bicyclic) bond motifs is 1. The van der Waals surface area contributed by atoms with Crippen molar-refractivity contribution < 1.29 is 9.21 Å². The molecule has 5 heteroatoms. The number of aromatic nitrogens is 2. The van der Waals surface area contributed by atoms with Crippen LogP contribution in [-0.2, 0) is 5.41 Å². The van der Waals surface area contributed by atoms with Crippen molar-refractivity contribution in [3.05, 3.63) is 23.7 Å². The number of pyridine rings is 1. The minimum absolute atomic E-state index is 0.0306. The molecule has 0 aromatic carbocycles. The van der Waals surface area contributed by atoms with Gasteiger partial charge in [-0.05, 0) is 6.07 Å². The van der Waals surface area contributed by atoms with Crippen LogP contribution in [0.3, 0.4) is 0 Å². The van der Waals surface area contributed by atoms with Crippen molar-refractivity contribution >= 4 is 17.0 Å². The molecule has 0 unspecified atom stereocenters. The minimum atomic E-state index is -0.182. The van der Waals surface area contributed by atoms with E-state index in [1.807, 2.05) is 20.8 Å². The summed E-state index contributed by atoms with van der Waals surface area (Å²) in [7, 11) is 0. The molecule has 0 fully saturated rings. The Balaban J connectivity index is 2.52. The third-order valence-corrected chi connectivity index (χ3v) is 2.40. The Hall–Kier alpha value is -1.75. The van der Waals surface area contributed by atoms with E-state index in [0.29, 0.717) is 22.7 Å². The summed E-state index contributed by atoms with van der Waals surface area (Å²) in [5.41, 5.74) is 6.63. The number of hydrogen-bond acceptors (Lipinski definition) is 5. The molecule has 17 heavy (non-hydrogen) atoms. The summed E-state index contributed by atoms with van der Waals surface area (Å²) < 4.78 is 5.54. The molecule has 0 spiro atoms. The van der Waals surface area contributed by atoms with Crippen LogP contribution in [0.25, 0.3) is 11.2 Å². The Morgan fingerprint density at radius 1 is 1.47 bits per heavy atom. The molecular formula is C12H15N3O2. The lowest BCUT2D eigenvalue weighted by Gasteiger charge is -2.11. The van der Waals surface area contributed by atoms with Gasteiger partial charge in [0.2, 0.25) is 11.6 Å². The van der Waals surface area contributed by atoms with Crippen molar-refractivity contribution in [1.29, 1.82) is 0 Å². The van der Waals surface area contributed by atoms with Gasteiger partial charge in [-0.2, -0.15) is 0 Å². The van der Waals surface area contributed by atoms with Crippen molar-refractivity contribution in [2.24, 2.45) is 5.73 Å². The van der Waals surface area contributed by atoms with Crippen LogP contribution in [0, 0.1) is 0 Å². The van der Waals surface area contributed by atoms with Crippen LogP contribution in [0.2, 0.25) is 0 Å². The summed E-state index contributed by atoms with van der Waals surface area (Å²) in [5, 5.41) is 0. The molecule has 0 bridgehead atoms. The fourth-order valence-corrected chi connectivity index (χ4v) is 1.41. The number of Topliss-reactive ketones (excluding diaryl/α,β-unsaturated/α-hetero) is 1. The molecule has 0 radical (unpaired) electrons. The Morgan fingerprint density at radius 2 is 2.18 bits per heavy atom. The van der Waals surface area contributed by atoms with Crippen LogP contribution in [0.15, 0.2) is 16.7 Å². The van der Waals surface area contributed by atoms with Crippen LogP contribution in [0.4, 0.5) is 0 Å². The highest BCUT2D eigenvalue weighted by molar-refractivity contribution is 5.99. The first-order valence-corrected chi connectivity index (χ1v) is 5.42. The molecule has 0 amide bonds. The normalized spacial score (nSPS) is 12.0. The highest BCUT2D eigenvalue weighted by atomic mass is 16.4. The van der Waals surface area contributed by atoms with E-state index in [9.17, 15) is 4.79 Å². The molecule has 0 saturated heterocycles. The maximum atomic E-state index is 11.4. The van der Waals surface area contributed by atoms with Gasteiger partial charge in [-0.1, -0.05) is 20.8 Å². The number of nitrogens with two attached hydrogens (primary N) is 1. The van der Waals surface area contributed by atoms with E-state index in [2.05, 4.69) is 9.97 Å². The lowest BCUT2D eigenvalue weighted by atomic mass is 9.97. The monoisotopic (exact) mass is 233 g/mol. The van der Waals surface area contributed by atoms with E-state index < -0.39 is 0 Å². The fourth-order valence-electron chi connectivity index (χ4n) is 1.41. The maximum Gasteiger partial charge on any atom is 0.246 e. The number of rotatable bonds is 2. The standard InChI is InChI=1S/C12H15N3O2/c1-12(2,3)11-15-8-4-7(9(16)5-13)6-14-10(8)17-11/h4,6H,5,13H2,1-3H3. The van der Waals surface area contributed by atoms with Gasteiger partial charge in [0.15, 0.2) is 5.78 Å². The number of nitrogens with zero attached hydrogens (tertiary/aromatic N) is 2. The lowest BCUT2D eigenvalue weighted by Crippen LogP contribution is -2.13. The summed E-state index contributed by atoms with van der Waals surface area (Å²) in [6.07, 6.45) is 1.47. The van der Waals surface area contributed by atoms with E-state index in [0.717, 1.165) is 0 Å². The molecule has 0 atom stereocenters. The third-order valence-electron chi connectivity index (χ3n) is 2.40. The van der Waals surface area contributed by atoms with E-state index in [1.165, 1.54) is 6.20 Å². The van der Waals surface area contributed by atoms with Gasteiger partial charge in [0.05, 0.1) is 6.54 Å². The Labute approximate surface area is 99.0 Å². The van der Waals surface area contributed by atoms with E-state index in [1.54, 1.807) is 6.07 Å². The molecule has 2 aromatic heterocycles. The zero-order valence-corrected chi connectivity index (χ0v) is 10.2. The molecular weight excluding hydrogens is 218 g/mol. The van der Waals surface area contributed by atoms with Gasteiger partial charge < -0.3 is 10.2 Å². The first-order chi connectivity index (χ1) is 7.91. The maximum absolute atomic E-state index is 11.4. The van der Waals surface area contributed by atoms with E-state index in [4.69, 9.17) is 10.2 Å². The van der Waals surface area contributed by atoms with Gasteiger partial charge in [0, 0.05) is 17.2 Å². The zero-order chi connectivity index (χ0) is 12.6. The van der Waals surface area contributed by atoms with Gasteiger partial charge in [0.1, 0.15) is 5.52 Å². The molecule has 0 aliphatic heterocycles. The molecule has 0 aliphatic rings.